The Morgan fingerprint density at radius 2 is 0.725 bits per heavy atom. The van der Waals surface area contributed by atoms with E-state index in [0.29, 0.717) is 23.7 Å². The van der Waals surface area contributed by atoms with Gasteiger partial charge in [0.15, 0.2) is 0 Å². The molecule has 0 heterocycles. The molecular formula is C89H108N2. The highest BCUT2D eigenvalue weighted by Crippen LogP contribution is 2.60. The first-order valence-electron chi connectivity index (χ1n) is 36.7. The van der Waals surface area contributed by atoms with Gasteiger partial charge in [-0.2, -0.15) is 0 Å². The maximum Gasteiger partial charge on any atom is 0.0620 e. The first-order chi connectivity index (χ1) is 43.5. The fourth-order valence-electron chi connectivity index (χ4n) is 19.8. The summed E-state index contributed by atoms with van der Waals surface area (Å²) in [5.74, 6) is 8.10. The van der Waals surface area contributed by atoms with Gasteiger partial charge in [-0.15, -0.1) is 0 Å². The average Bonchev–Trinajstić information content (AvgIpc) is 1.61. The number of hydrogen-bond acceptors (Lipinski definition) is 2. The zero-order chi connectivity index (χ0) is 63.0. The van der Waals surface area contributed by atoms with E-state index in [1.54, 1.807) is 22.3 Å². The molecule has 474 valence electrons. The Hall–Kier alpha value is -6.12. The summed E-state index contributed by atoms with van der Waals surface area (Å²) in [5, 5.41) is 5.21. The van der Waals surface area contributed by atoms with Gasteiger partial charge in [0.2, 0.25) is 0 Å². The van der Waals surface area contributed by atoms with Crippen LogP contribution in [0.15, 0.2) is 146 Å². The van der Waals surface area contributed by atoms with Crippen LogP contribution in [-0.2, 0) is 21.7 Å². The molecule has 11 atom stereocenters. The zero-order valence-electron chi connectivity index (χ0n) is 58.1. The van der Waals surface area contributed by atoms with Gasteiger partial charge in [-0.25, -0.2) is 0 Å². The Morgan fingerprint density at radius 1 is 0.330 bits per heavy atom. The Kier molecular flexibility index (Phi) is 15.5. The lowest BCUT2D eigenvalue weighted by Gasteiger charge is -2.37. The van der Waals surface area contributed by atoms with Crippen molar-refractivity contribution in [2.45, 2.75) is 244 Å². The summed E-state index contributed by atoms with van der Waals surface area (Å²) in [5.41, 5.74) is 22.0. The second-order valence-electron chi connectivity index (χ2n) is 35.3. The van der Waals surface area contributed by atoms with Crippen molar-refractivity contribution in [2.24, 2.45) is 41.4 Å². The fourth-order valence-corrected chi connectivity index (χ4v) is 19.8. The summed E-state index contributed by atoms with van der Waals surface area (Å²) >= 11 is 0. The molecule has 7 aliphatic rings. The monoisotopic (exact) mass is 1200 g/mol. The molecule has 0 aromatic heterocycles. The van der Waals surface area contributed by atoms with Gasteiger partial charge in [-0.1, -0.05) is 220 Å². The van der Waals surface area contributed by atoms with Crippen molar-refractivity contribution in [2.75, 3.05) is 9.80 Å². The van der Waals surface area contributed by atoms with Crippen molar-refractivity contribution in [3.8, 4) is 11.1 Å². The predicted molar refractivity (Wildman–Crippen MR) is 391 cm³/mol. The van der Waals surface area contributed by atoms with E-state index in [4.69, 9.17) is 0 Å². The molecule has 2 nitrogen and oxygen atoms in total. The summed E-state index contributed by atoms with van der Waals surface area (Å²) in [4.78, 5) is 5.69. The van der Waals surface area contributed by atoms with Crippen molar-refractivity contribution in [1.82, 2.24) is 0 Å². The molecule has 0 N–H and O–H groups in total. The van der Waals surface area contributed by atoms with Crippen molar-refractivity contribution < 1.29 is 0 Å². The molecule has 11 unspecified atom stereocenters. The highest BCUT2D eigenvalue weighted by molar-refractivity contribution is 6.24. The zero-order valence-corrected chi connectivity index (χ0v) is 58.1. The normalized spacial score (nSPS) is 26.4. The SMILES string of the molecule is CCC1CCCC(c2cc(C3CC4CCC3C4)cc(N(c3cc(C(C)(C)C)cc(C(C)(C)C)c3)c3c4ccccc4c(N(c4cc(C5CC6CCC5C6)cc(C5CC6CCC5C6)c4)c4cc(C(C)(C)C)cc(C(C)(C)C)c4)c4cc(-c5ccccc5)ccc34)c2)C1. The standard InChI is InChI=1S/C89H108N2/c1-14-55-21-20-24-60(35-55)65-42-66(80-39-56-27-30-62(80)36-56)45-73(44-65)90(75-51-69(86(2,3)4)49-70(52-75)87(5,6)7)84-77-25-18-19-26-78(77)85(83-48-61(33-34-79(83)84)59-22-16-15-17-23-59)91(76-53-71(88(8,9)10)50-72(54-76)89(11,12)13)74-46-67(81-40-57-28-31-63(81)37-57)43-68(47-74)82-41-58-29-32-64(82)38-58/h15-19,22-23,25-26,33-34,42-58,60,62-64,80-82H,14,20-21,24,27-32,35-41H2,1-13H3. The van der Waals surface area contributed by atoms with Gasteiger partial charge in [0.05, 0.1) is 11.4 Å². The third kappa shape index (κ3) is 11.5. The van der Waals surface area contributed by atoms with Gasteiger partial charge in [0.1, 0.15) is 0 Å². The Morgan fingerprint density at radius 3 is 1.13 bits per heavy atom. The van der Waals surface area contributed by atoms with Gasteiger partial charge in [-0.3, -0.25) is 0 Å². The Labute approximate surface area is 549 Å². The van der Waals surface area contributed by atoms with Crippen LogP contribution in [-0.4, -0.2) is 0 Å². The van der Waals surface area contributed by atoms with Crippen LogP contribution in [0.1, 0.15) is 267 Å². The van der Waals surface area contributed by atoms with Crippen LogP contribution in [0.3, 0.4) is 0 Å². The van der Waals surface area contributed by atoms with Crippen molar-refractivity contribution in [1.29, 1.82) is 0 Å². The molecule has 0 aliphatic heterocycles. The maximum atomic E-state index is 2.85. The predicted octanol–water partition coefficient (Wildman–Crippen LogP) is 26.2. The van der Waals surface area contributed by atoms with Gasteiger partial charge < -0.3 is 9.80 Å². The van der Waals surface area contributed by atoms with E-state index in [1.807, 2.05) is 0 Å². The van der Waals surface area contributed by atoms with Crippen LogP contribution < -0.4 is 9.80 Å². The molecule has 8 aromatic rings. The van der Waals surface area contributed by atoms with Crippen LogP contribution in [0, 0.1) is 41.4 Å². The van der Waals surface area contributed by atoms with E-state index in [9.17, 15) is 0 Å². The van der Waals surface area contributed by atoms with E-state index in [1.165, 1.54) is 198 Å². The van der Waals surface area contributed by atoms with Gasteiger partial charge in [-0.05, 0) is 268 Å². The Bertz CT molecular complexity index is 3920. The minimum Gasteiger partial charge on any atom is -0.309 e. The number of benzene rings is 8. The lowest BCUT2D eigenvalue weighted by atomic mass is 9.75. The van der Waals surface area contributed by atoms with E-state index < -0.39 is 0 Å². The van der Waals surface area contributed by atoms with Crippen molar-refractivity contribution in [3.05, 3.63) is 190 Å². The second kappa shape index (κ2) is 23.1. The molecule has 0 saturated heterocycles. The molecule has 7 fully saturated rings. The molecule has 0 spiro atoms. The van der Waals surface area contributed by atoms with Gasteiger partial charge in [0, 0.05) is 44.3 Å². The third-order valence-corrected chi connectivity index (χ3v) is 25.1. The molecule has 15 rings (SSSR count). The van der Waals surface area contributed by atoms with E-state index in [2.05, 4.69) is 245 Å². The van der Waals surface area contributed by atoms with Gasteiger partial charge >= 0.3 is 0 Å². The molecule has 7 aliphatic carbocycles. The summed E-state index contributed by atoms with van der Waals surface area (Å²) < 4.78 is 0. The quantitative estimate of drug-likeness (QED) is 0.0889. The third-order valence-electron chi connectivity index (χ3n) is 25.1. The van der Waals surface area contributed by atoms with E-state index in [0.717, 1.165) is 41.4 Å². The van der Waals surface area contributed by atoms with Crippen molar-refractivity contribution >= 4 is 55.7 Å². The van der Waals surface area contributed by atoms with Crippen LogP contribution >= 0.6 is 0 Å². The number of rotatable bonds is 12. The molecule has 91 heavy (non-hydrogen) atoms. The minimum absolute atomic E-state index is 0.0783. The van der Waals surface area contributed by atoms with Crippen molar-refractivity contribution in [3.63, 3.8) is 0 Å². The summed E-state index contributed by atoms with van der Waals surface area (Å²) in [7, 11) is 0. The molecular weight excluding hydrogens is 1100 g/mol. The topological polar surface area (TPSA) is 6.48 Å². The molecule has 2 heteroatoms. The average molecular weight is 1210 g/mol. The van der Waals surface area contributed by atoms with E-state index >= 15 is 0 Å². The minimum atomic E-state index is -0.0795. The van der Waals surface area contributed by atoms with Crippen LogP contribution in [0.2, 0.25) is 0 Å². The first kappa shape index (κ1) is 61.1. The summed E-state index contributed by atoms with van der Waals surface area (Å²) in [6.07, 6.45) is 23.1. The largest absolute Gasteiger partial charge is 0.309 e. The Balaban J connectivity index is 1.08. The second-order valence-corrected chi connectivity index (χ2v) is 35.3. The number of fused-ring (bicyclic) bond motifs is 8. The molecule has 7 saturated carbocycles. The number of hydrogen-bond donors (Lipinski definition) is 0. The number of nitrogens with zero attached hydrogens (tertiary/aromatic N) is 2. The molecule has 6 bridgehead atoms. The summed E-state index contributed by atoms with van der Waals surface area (Å²) in [6, 6.07) is 60.8. The van der Waals surface area contributed by atoms with Crippen LogP contribution in [0.25, 0.3) is 32.7 Å². The fraction of sp³-hybridized carbons (Fsp3) is 0.506. The summed E-state index contributed by atoms with van der Waals surface area (Å²) in [6.45, 7) is 31.6. The molecule has 0 radical (unpaired) electrons. The highest BCUT2D eigenvalue weighted by Gasteiger charge is 2.45. The van der Waals surface area contributed by atoms with Gasteiger partial charge in [0.25, 0.3) is 0 Å². The lowest BCUT2D eigenvalue weighted by molar-refractivity contribution is 0.314. The highest BCUT2D eigenvalue weighted by atomic mass is 15.2. The van der Waals surface area contributed by atoms with Crippen LogP contribution in [0.5, 0.6) is 0 Å². The smallest absolute Gasteiger partial charge is 0.0620 e. The van der Waals surface area contributed by atoms with E-state index in [-0.39, 0.29) is 21.7 Å². The first-order valence-corrected chi connectivity index (χ1v) is 36.7. The lowest BCUT2D eigenvalue weighted by Crippen LogP contribution is -2.21. The molecule has 8 aromatic carbocycles. The number of anilines is 6. The maximum absolute atomic E-state index is 2.85. The molecule has 0 amide bonds. The van der Waals surface area contributed by atoms with Crippen LogP contribution in [0.4, 0.5) is 34.1 Å².